The Morgan fingerprint density at radius 1 is 1.40 bits per heavy atom. The highest BCUT2D eigenvalue weighted by Gasteiger charge is 2.31. The largest absolute Gasteiger partial charge is 0.493 e. The molecule has 0 aromatic heterocycles. The predicted molar refractivity (Wildman–Crippen MR) is 73.1 cm³/mol. The normalized spacial score (nSPS) is 23.4. The summed E-state index contributed by atoms with van der Waals surface area (Å²) in [5, 5.41) is 0. The second kappa shape index (κ2) is 5.33. The number of sulfonamides is 1. The van der Waals surface area contributed by atoms with Gasteiger partial charge < -0.3 is 4.74 Å². The molecule has 0 N–H and O–H groups in total. The summed E-state index contributed by atoms with van der Waals surface area (Å²) in [4.78, 5) is 0.293. The van der Waals surface area contributed by atoms with Crippen LogP contribution in [0.2, 0.25) is 0 Å². The van der Waals surface area contributed by atoms with E-state index in [2.05, 4.69) is 0 Å². The average molecular weight is 299 g/mol. The Kier molecular flexibility index (Phi) is 3.69. The van der Waals surface area contributed by atoms with Crippen LogP contribution in [0.3, 0.4) is 0 Å². The summed E-state index contributed by atoms with van der Waals surface area (Å²) < 4.78 is 44.8. The summed E-state index contributed by atoms with van der Waals surface area (Å²) in [5.74, 6) is 0.598. The first-order valence-corrected chi connectivity index (χ1v) is 8.37. The zero-order valence-corrected chi connectivity index (χ0v) is 12.0. The predicted octanol–water partition coefficient (Wildman–Crippen LogP) is 1.99. The molecular weight excluding hydrogens is 281 g/mol. The fraction of sp³-hybridized carbons (Fsp3) is 0.571. The lowest BCUT2D eigenvalue weighted by atomic mass is 10.0. The highest BCUT2D eigenvalue weighted by molar-refractivity contribution is 7.89. The van der Waals surface area contributed by atoms with Gasteiger partial charge in [0.2, 0.25) is 10.0 Å². The number of halogens is 1. The molecule has 1 aromatic rings. The van der Waals surface area contributed by atoms with Crippen LogP contribution in [0.5, 0.6) is 5.75 Å². The first-order chi connectivity index (χ1) is 9.61. The van der Waals surface area contributed by atoms with Crippen LogP contribution >= 0.6 is 0 Å². The van der Waals surface area contributed by atoms with Crippen molar-refractivity contribution in [3.63, 3.8) is 0 Å². The summed E-state index contributed by atoms with van der Waals surface area (Å²) in [7, 11) is -3.52. The van der Waals surface area contributed by atoms with Gasteiger partial charge in [-0.15, -0.1) is 0 Å². The van der Waals surface area contributed by atoms with Gasteiger partial charge in [-0.2, -0.15) is 4.31 Å². The van der Waals surface area contributed by atoms with Gasteiger partial charge in [-0.3, -0.25) is 4.39 Å². The Morgan fingerprint density at radius 3 is 3.05 bits per heavy atom. The fourth-order valence-corrected chi connectivity index (χ4v) is 4.45. The number of rotatable bonds is 3. The molecule has 1 saturated heterocycles. The molecule has 2 aliphatic heterocycles. The minimum atomic E-state index is -3.52. The highest BCUT2D eigenvalue weighted by Crippen LogP contribution is 2.30. The monoisotopic (exact) mass is 299 g/mol. The summed E-state index contributed by atoms with van der Waals surface area (Å²) in [6.07, 6.45) is 2.23. The number of piperidine rings is 1. The maximum Gasteiger partial charge on any atom is 0.243 e. The van der Waals surface area contributed by atoms with Crippen LogP contribution in [0.4, 0.5) is 4.39 Å². The van der Waals surface area contributed by atoms with E-state index in [0.29, 0.717) is 18.0 Å². The van der Waals surface area contributed by atoms with E-state index >= 15 is 0 Å². The van der Waals surface area contributed by atoms with E-state index in [1.807, 2.05) is 0 Å². The quantitative estimate of drug-likeness (QED) is 0.857. The maximum atomic E-state index is 12.8. The van der Waals surface area contributed by atoms with E-state index in [1.54, 1.807) is 18.2 Å². The molecule has 1 unspecified atom stereocenters. The van der Waals surface area contributed by atoms with Crippen molar-refractivity contribution in [3.8, 4) is 5.75 Å². The van der Waals surface area contributed by atoms with Crippen LogP contribution in [0.1, 0.15) is 18.4 Å². The molecule has 2 heterocycles. The Morgan fingerprint density at radius 2 is 2.25 bits per heavy atom. The molecule has 1 fully saturated rings. The molecule has 2 aliphatic rings. The topological polar surface area (TPSA) is 46.6 Å². The number of ether oxygens (including phenoxy) is 1. The molecule has 0 bridgehead atoms. The molecule has 0 aliphatic carbocycles. The Hall–Kier alpha value is -1.14. The van der Waals surface area contributed by atoms with Crippen LogP contribution < -0.4 is 4.74 Å². The van der Waals surface area contributed by atoms with Gasteiger partial charge in [0.05, 0.1) is 18.2 Å². The van der Waals surface area contributed by atoms with Gasteiger partial charge in [-0.1, -0.05) is 0 Å². The van der Waals surface area contributed by atoms with Crippen molar-refractivity contribution in [1.82, 2.24) is 4.31 Å². The lowest BCUT2D eigenvalue weighted by Gasteiger charge is -2.30. The van der Waals surface area contributed by atoms with E-state index < -0.39 is 16.7 Å². The molecular formula is C14H18FNO3S. The van der Waals surface area contributed by atoms with Gasteiger partial charge in [-0.05, 0) is 36.6 Å². The Balaban J connectivity index is 1.87. The van der Waals surface area contributed by atoms with Crippen molar-refractivity contribution in [1.29, 1.82) is 0 Å². The number of alkyl halides is 1. The lowest BCUT2D eigenvalue weighted by Crippen LogP contribution is -2.40. The highest BCUT2D eigenvalue weighted by atomic mass is 32.2. The van der Waals surface area contributed by atoms with Crippen molar-refractivity contribution in [2.24, 2.45) is 5.92 Å². The zero-order chi connectivity index (χ0) is 14.2. The van der Waals surface area contributed by atoms with Crippen molar-refractivity contribution in [2.45, 2.75) is 24.2 Å². The molecule has 0 amide bonds. The molecule has 20 heavy (non-hydrogen) atoms. The molecule has 4 nitrogen and oxygen atoms in total. The van der Waals surface area contributed by atoms with E-state index in [1.165, 1.54) is 4.31 Å². The minimum Gasteiger partial charge on any atom is -0.493 e. The van der Waals surface area contributed by atoms with Crippen LogP contribution in [0.25, 0.3) is 0 Å². The van der Waals surface area contributed by atoms with Crippen LogP contribution in [0.15, 0.2) is 23.1 Å². The van der Waals surface area contributed by atoms with Crippen LogP contribution in [-0.4, -0.2) is 39.1 Å². The van der Waals surface area contributed by atoms with Gasteiger partial charge in [0.15, 0.2) is 0 Å². The Labute approximate surface area is 118 Å². The van der Waals surface area contributed by atoms with Crippen LogP contribution in [-0.2, 0) is 16.4 Å². The number of hydrogen-bond acceptors (Lipinski definition) is 3. The van der Waals surface area contributed by atoms with E-state index in [9.17, 15) is 12.8 Å². The summed E-state index contributed by atoms with van der Waals surface area (Å²) in [5.41, 5.74) is 0.935. The SMILES string of the molecule is O=S(=O)(c1ccc2c(c1)CCO2)N1CCCC(CF)C1. The van der Waals surface area contributed by atoms with Crippen molar-refractivity contribution < 1.29 is 17.5 Å². The van der Waals surface area contributed by atoms with E-state index in [0.717, 1.165) is 30.6 Å². The minimum absolute atomic E-state index is 0.170. The van der Waals surface area contributed by atoms with Gasteiger partial charge in [0.1, 0.15) is 5.75 Å². The summed E-state index contributed by atoms with van der Waals surface area (Å²) in [6, 6.07) is 4.99. The van der Waals surface area contributed by atoms with Gasteiger partial charge >= 0.3 is 0 Å². The first-order valence-electron chi connectivity index (χ1n) is 6.93. The zero-order valence-electron chi connectivity index (χ0n) is 11.2. The third-order valence-corrected chi connectivity index (χ3v) is 5.86. The molecule has 1 aromatic carbocycles. The smallest absolute Gasteiger partial charge is 0.243 e. The third-order valence-electron chi connectivity index (χ3n) is 4.00. The maximum absolute atomic E-state index is 12.8. The van der Waals surface area contributed by atoms with Crippen molar-refractivity contribution in [2.75, 3.05) is 26.4 Å². The lowest BCUT2D eigenvalue weighted by molar-refractivity contribution is 0.226. The second-order valence-electron chi connectivity index (χ2n) is 5.39. The summed E-state index contributed by atoms with van der Waals surface area (Å²) >= 11 is 0. The average Bonchev–Trinajstić information content (AvgIpc) is 2.94. The first kappa shape index (κ1) is 13.8. The van der Waals surface area contributed by atoms with E-state index in [4.69, 9.17) is 4.74 Å². The molecule has 0 radical (unpaired) electrons. The van der Waals surface area contributed by atoms with Gasteiger partial charge in [0.25, 0.3) is 0 Å². The molecule has 0 spiro atoms. The fourth-order valence-electron chi connectivity index (χ4n) is 2.84. The van der Waals surface area contributed by atoms with Crippen molar-refractivity contribution in [3.05, 3.63) is 23.8 Å². The van der Waals surface area contributed by atoms with Gasteiger partial charge in [0, 0.05) is 25.4 Å². The number of fused-ring (bicyclic) bond motifs is 1. The Bertz CT molecular complexity index is 602. The standard InChI is InChI=1S/C14H18FNO3S/c15-9-11-2-1-6-16(10-11)20(17,18)13-3-4-14-12(8-13)5-7-19-14/h3-4,8,11H,1-2,5-7,9-10H2. The third kappa shape index (κ3) is 2.42. The van der Waals surface area contributed by atoms with Crippen molar-refractivity contribution >= 4 is 10.0 Å². The molecule has 1 atom stereocenters. The molecule has 6 heteroatoms. The van der Waals surface area contributed by atoms with Crippen LogP contribution in [0, 0.1) is 5.92 Å². The van der Waals surface area contributed by atoms with Gasteiger partial charge in [-0.25, -0.2) is 8.42 Å². The summed E-state index contributed by atoms with van der Waals surface area (Å²) in [6.45, 7) is 0.912. The second-order valence-corrected chi connectivity index (χ2v) is 7.33. The molecule has 110 valence electrons. The molecule has 3 rings (SSSR count). The van der Waals surface area contributed by atoms with E-state index in [-0.39, 0.29) is 12.5 Å². The number of hydrogen-bond donors (Lipinski definition) is 0. The number of benzene rings is 1. The molecule has 0 saturated carbocycles. The number of nitrogens with zero attached hydrogens (tertiary/aromatic N) is 1.